The maximum Gasteiger partial charge on any atom is 0.206 e. The van der Waals surface area contributed by atoms with E-state index >= 15 is 0 Å². The van der Waals surface area contributed by atoms with Gasteiger partial charge in [0.25, 0.3) is 0 Å². The second kappa shape index (κ2) is 6.87. The van der Waals surface area contributed by atoms with E-state index in [0.717, 1.165) is 6.67 Å². The summed E-state index contributed by atoms with van der Waals surface area (Å²) in [6.07, 6.45) is 7.14. The lowest BCUT2D eigenvalue weighted by atomic mass is 10.3. The maximum absolute atomic E-state index is 10.4. The van der Waals surface area contributed by atoms with E-state index < -0.39 is 11.2 Å². The number of hydrogen-bond donors (Lipinski definition) is 0. The third-order valence-electron chi connectivity index (χ3n) is 1.74. The standard InChI is InChI=1S/C8H16N2.CH3F3S/c1-3-4-5-10-7-6-9(2)8-10;1-5(2,3)4/h6-7H,3-5,8H2,1-2H3;1H3. The molecule has 0 fully saturated rings. The number of hydrogen-bond acceptors (Lipinski definition) is 2. The Morgan fingerprint density at radius 3 is 2.13 bits per heavy atom. The zero-order valence-corrected chi connectivity index (χ0v) is 10.2. The van der Waals surface area contributed by atoms with Crippen LogP contribution in [0.5, 0.6) is 0 Å². The molecule has 0 bridgehead atoms. The van der Waals surface area contributed by atoms with Crippen LogP contribution in [0, 0.1) is 0 Å². The molecule has 1 aliphatic rings. The van der Waals surface area contributed by atoms with Crippen molar-refractivity contribution in [3.05, 3.63) is 12.4 Å². The van der Waals surface area contributed by atoms with Crippen molar-refractivity contribution in [2.45, 2.75) is 19.8 Å². The van der Waals surface area contributed by atoms with Gasteiger partial charge in [0.1, 0.15) is 0 Å². The normalized spacial score (nSPS) is 16.4. The topological polar surface area (TPSA) is 6.48 Å². The molecule has 0 N–H and O–H groups in total. The number of unbranched alkanes of at least 4 members (excludes halogenated alkanes) is 1. The van der Waals surface area contributed by atoms with E-state index in [-0.39, 0.29) is 6.26 Å². The summed E-state index contributed by atoms with van der Waals surface area (Å²) in [5.74, 6) is 0. The Bertz CT molecular complexity index is 188. The number of rotatable bonds is 3. The van der Waals surface area contributed by atoms with Gasteiger partial charge >= 0.3 is 0 Å². The molecule has 0 atom stereocenters. The summed E-state index contributed by atoms with van der Waals surface area (Å²) < 4.78 is 31.3. The predicted molar refractivity (Wildman–Crippen MR) is 60.2 cm³/mol. The predicted octanol–water partition coefficient (Wildman–Crippen LogP) is 3.54. The van der Waals surface area contributed by atoms with Crippen molar-refractivity contribution >= 4 is 11.2 Å². The van der Waals surface area contributed by atoms with Gasteiger partial charge in [0, 0.05) is 32.2 Å². The minimum atomic E-state index is -4.67. The molecule has 0 aromatic rings. The average molecular weight is 244 g/mol. The Labute approximate surface area is 91.9 Å². The molecule has 0 saturated carbocycles. The Morgan fingerprint density at radius 1 is 1.27 bits per heavy atom. The molecule has 92 valence electrons. The minimum Gasteiger partial charge on any atom is -0.362 e. The van der Waals surface area contributed by atoms with Crippen molar-refractivity contribution in [2.24, 2.45) is 0 Å². The zero-order chi connectivity index (χ0) is 11.9. The van der Waals surface area contributed by atoms with Gasteiger partial charge < -0.3 is 9.80 Å². The van der Waals surface area contributed by atoms with Gasteiger partial charge in [-0.25, -0.2) is 0 Å². The molecular formula is C9H19F3N2S. The second-order valence-corrected chi connectivity index (χ2v) is 4.78. The van der Waals surface area contributed by atoms with Gasteiger partial charge in [-0.3, -0.25) is 0 Å². The van der Waals surface area contributed by atoms with Crippen LogP contribution in [-0.4, -0.2) is 36.3 Å². The van der Waals surface area contributed by atoms with Gasteiger partial charge in [-0.2, -0.15) is 0 Å². The van der Waals surface area contributed by atoms with Gasteiger partial charge in [0.15, 0.2) is 0 Å². The highest BCUT2D eigenvalue weighted by molar-refractivity contribution is 8.20. The first-order valence-corrected chi connectivity index (χ1v) is 6.57. The molecule has 6 heteroatoms. The summed E-state index contributed by atoms with van der Waals surface area (Å²) in [5.41, 5.74) is 0. The van der Waals surface area contributed by atoms with E-state index in [4.69, 9.17) is 0 Å². The second-order valence-electron chi connectivity index (χ2n) is 3.50. The van der Waals surface area contributed by atoms with Crippen molar-refractivity contribution in [3.63, 3.8) is 0 Å². The fraction of sp³-hybridized carbons (Fsp3) is 0.778. The molecule has 0 unspecified atom stereocenters. The third-order valence-corrected chi connectivity index (χ3v) is 1.74. The maximum atomic E-state index is 10.4. The molecule has 0 spiro atoms. The fourth-order valence-corrected chi connectivity index (χ4v) is 1.10. The third kappa shape index (κ3) is 11.4. The van der Waals surface area contributed by atoms with Crippen molar-refractivity contribution in [1.29, 1.82) is 0 Å². The van der Waals surface area contributed by atoms with Crippen LogP contribution >= 0.6 is 11.2 Å². The summed E-state index contributed by atoms with van der Waals surface area (Å²) in [5, 5.41) is 0. The minimum absolute atomic E-state index is 0.271. The number of halogens is 3. The van der Waals surface area contributed by atoms with Crippen LogP contribution in [0.25, 0.3) is 0 Å². The van der Waals surface area contributed by atoms with Gasteiger partial charge in [0.2, 0.25) is 11.2 Å². The van der Waals surface area contributed by atoms with E-state index in [1.807, 2.05) is 0 Å². The van der Waals surface area contributed by atoms with Crippen LogP contribution in [-0.2, 0) is 0 Å². The lowest BCUT2D eigenvalue weighted by Gasteiger charge is -2.17. The molecule has 1 heterocycles. The molecule has 0 amide bonds. The van der Waals surface area contributed by atoms with E-state index in [1.165, 1.54) is 19.4 Å². The lowest BCUT2D eigenvalue weighted by Crippen LogP contribution is -2.23. The smallest absolute Gasteiger partial charge is 0.206 e. The molecular weight excluding hydrogens is 225 g/mol. The molecule has 0 aliphatic carbocycles. The van der Waals surface area contributed by atoms with Gasteiger partial charge in [-0.05, 0) is 6.42 Å². The van der Waals surface area contributed by atoms with Crippen LogP contribution < -0.4 is 0 Å². The van der Waals surface area contributed by atoms with Crippen LogP contribution in [0.2, 0.25) is 0 Å². The largest absolute Gasteiger partial charge is 0.362 e. The Balaban J connectivity index is 0.000000336. The van der Waals surface area contributed by atoms with Crippen LogP contribution in [0.1, 0.15) is 19.8 Å². The number of nitrogens with zero attached hydrogens (tertiary/aromatic N) is 2. The first kappa shape index (κ1) is 14.5. The fourth-order valence-electron chi connectivity index (χ4n) is 1.10. The zero-order valence-electron chi connectivity index (χ0n) is 9.42. The lowest BCUT2D eigenvalue weighted by molar-refractivity contribution is 0.293. The SMILES string of the molecule is CCCCN1C=CN(C)C1.CS(F)(F)F. The Morgan fingerprint density at radius 2 is 1.80 bits per heavy atom. The monoisotopic (exact) mass is 244 g/mol. The molecule has 2 nitrogen and oxygen atoms in total. The average Bonchev–Trinajstić information content (AvgIpc) is 2.45. The van der Waals surface area contributed by atoms with Crippen molar-refractivity contribution in [3.8, 4) is 0 Å². The molecule has 0 aromatic heterocycles. The van der Waals surface area contributed by atoms with E-state index in [1.54, 1.807) is 0 Å². The van der Waals surface area contributed by atoms with Gasteiger partial charge in [-0.1, -0.05) is 13.3 Å². The Kier molecular flexibility index (Phi) is 6.63. The highest BCUT2D eigenvalue weighted by Gasteiger charge is 2.07. The van der Waals surface area contributed by atoms with Crippen LogP contribution in [0.3, 0.4) is 0 Å². The highest BCUT2D eigenvalue weighted by Crippen LogP contribution is 2.48. The van der Waals surface area contributed by atoms with Gasteiger partial charge in [0.05, 0.1) is 6.67 Å². The summed E-state index contributed by atoms with van der Waals surface area (Å²) in [6.45, 7) is 4.50. The van der Waals surface area contributed by atoms with Crippen molar-refractivity contribution in [1.82, 2.24) is 9.80 Å². The van der Waals surface area contributed by atoms with Crippen LogP contribution in [0.4, 0.5) is 11.7 Å². The molecule has 1 rings (SSSR count). The molecule has 0 aromatic carbocycles. The Hall–Kier alpha value is -0.520. The quantitative estimate of drug-likeness (QED) is 0.749. The first-order valence-electron chi connectivity index (χ1n) is 4.82. The summed E-state index contributed by atoms with van der Waals surface area (Å²) >= 11 is -4.67. The van der Waals surface area contributed by atoms with E-state index in [0.29, 0.717) is 0 Å². The van der Waals surface area contributed by atoms with Gasteiger partial charge in [-0.15, -0.1) is 11.7 Å². The molecule has 0 saturated heterocycles. The first-order chi connectivity index (χ1) is 6.83. The molecule has 0 radical (unpaired) electrons. The van der Waals surface area contributed by atoms with Crippen molar-refractivity contribution < 1.29 is 11.7 Å². The molecule has 15 heavy (non-hydrogen) atoms. The van der Waals surface area contributed by atoms with E-state index in [2.05, 4.69) is 36.2 Å². The summed E-state index contributed by atoms with van der Waals surface area (Å²) in [7, 11) is 2.10. The van der Waals surface area contributed by atoms with E-state index in [9.17, 15) is 11.7 Å². The van der Waals surface area contributed by atoms with Crippen LogP contribution in [0.15, 0.2) is 12.4 Å². The molecule has 1 aliphatic heterocycles. The summed E-state index contributed by atoms with van der Waals surface area (Å²) in [4.78, 5) is 4.53. The highest BCUT2D eigenvalue weighted by atomic mass is 32.3. The van der Waals surface area contributed by atoms with Crippen molar-refractivity contribution in [2.75, 3.05) is 26.5 Å². The summed E-state index contributed by atoms with van der Waals surface area (Å²) in [6, 6.07) is 0.